The number of rotatable bonds is 6. The van der Waals surface area contributed by atoms with Crippen molar-refractivity contribution in [2.24, 2.45) is 24.6 Å². The van der Waals surface area contributed by atoms with Crippen molar-refractivity contribution in [2.75, 3.05) is 6.54 Å². The van der Waals surface area contributed by atoms with Gasteiger partial charge in [0.1, 0.15) is 0 Å². The highest BCUT2D eigenvalue weighted by atomic mass is 32.2. The van der Waals surface area contributed by atoms with Crippen LogP contribution < -0.4 is 10.5 Å². The quantitative estimate of drug-likeness (QED) is 0.803. The maximum Gasteiger partial charge on any atom is 0.242 e. The molecule has 1 aliphatic carbocycles. The first-order valence-electron chi connectivity index (χ1n) is 6.29. The molecule has 1 aromatic heterocycles. The second-order valence-corrected chi connectivity index (χ2v) is 6.92. The fourth-order valence-electron chi connectivity index (χ4n) is 2.08. The van der Waals surface area contributed by atoms with Crippen molar-refractivity contribution in [3.63, 3.8) is 0 Å². The summed E-state index contributed by atoms with van der Waals surface area (Å²) in [7, 11) is -1.60. The molecule has 18 heavy (non-hydrogen) atoms. The van der Waals surface area contributed by atoms with Crippen LogP contribution in [0, 0.1) is 11.8 Å². The number of nitrogens with zero attached hydrogens (tertiary/aromatic N) is 1. The van der Waals surface area contributed by atoms with Gasteiger partial charge >= 0.3 is 0 Å². The minimum Gasteiger partial charge on any atom is -0.352 e. The van der Waals surface area contributed by atoms with Crippen molar-refractivity contribution in [3.05, 3.63) is 18.0 Å². The molecule has 0 spiro atoms. The first-order chi connectivity index (χ1) is 8.44. The molecule has 0 aromatic carbocycles. The summed E-state index contributed by atoms with van der Waals surface area (Å²) >= 11 is 0. The Hall–Kier alpha value is -0.850. The summed E-state index contributed by atoms with van der Waals surface area (Å²) in [6.07, 6.45) is 4.06. The highest BCUT2D eigenvalue weighted by Crippen LogP contribution is 2.36. The second kappa shape index (κ2) is 5.03. The van der Waals surface area contributed by atoms with Crippen LogP contribution in [-0.4, -0.2) is 19.5 Å². The lowest BCUT2D eigenvalue weighted by atomic mass is 10.1. The summed E-state index contributed by atoms with van der Waals surface area (Å²) in [5.74, 6) is 1.11. The van der Waals surface area contributed by atoms with E-state index in [1.165, 1.54) is 12.8 Å². The number of nitrogens with two attached hydrogens (primary N) is 1. The zero-order chi connectivity index (χ0) is 13.3. The van der Waals surface area contributed by atoms with Gasteiger partial charge in [0.15, 0.2) is 0 Å². The molecule has 1 saturated carbocycles. The number of nitrogens with one attached hydrogen (secondary N) is 1. The number of aromatic nitrogens is 1. The van der Waals surface area contributed by atoms with E-state index in [0.717, 1.165) is 5.69 Å². The van der Waals surface area contributed by atoms with E-state index in [4.69, 9.17) is 5.73 Å². The van der Waals surface area contributed by atoms with Crippen molar-refractivity contribution in [2.45, 2.75) is 31.2 Å². The van der Waals surface area contributed by atoms with Crippen LogP contribution in [0.25, 0.3) is 0 Å². The van der Waals surface area contributed by atoms with Crippen LogP contribution >= 0.6 is 0 Å². The van der Waals surface area contributed by atoms with E-state index >= 15 is 0 Å². The Balaban J connectivity index is 2.04. The molecular weight excluding hydrogens is 250 g/mol. The Kier molecular flexibility index (Phi) is 3.79. The van der Waals surface area contributed by atoms with Crippen LogP contribution in [0.2, 0.25) is 0 Å². The molecule has 1 aliphatic rings. The van der Waals surface area contributed by atoms with Crippen LogP contribution in [0.15, 0.2) is 17.2 Å². The van der Waals surface area contributed by atoms with Crippen molar-refractivity contribution in [1.29, 1.82) is 0 Å². The average molecular weight is 271 g/mol. The van der Waals surface area contributed by atoms with E-state index in [9.17, 15) is 8.42 Å². The monoisotopic (exact) mass is 271 g/mol. The molecular formula is C12H21N3O2S. The fourth-order valence-corrected chi connectivity index (χ4v) is 3.32. The van der Waals surface area contributed by atoms with E-state index in [1.807, 2.05) is 0 Å². The highest BCUT2D eigenvalue weighted by molar-refractivity contribution is 7.89. The van der Waals surface area contributed by atoms with Crippen LogP contribution in [0.4, 0.5) is 0 Å². The smallest absolute Gasteiger partial charge is 0.242 e. The van der Waals surface area contributed by atoms with Gasteiger partial charge in [-0.05, 0) is 30.7 Å². The SMILES string of the molecule is CC(CNS(=O)(=O)c1cc(CN)n(C)c1)C1CC1. The van der Waals surface area contributed by atoms with Gasteiger partial charge in [-0.25, -0.2) is 13.1 Å². The molecule has 2 rings (SSSR count). The molecule has 1 aromatic rings. The third-order valence-electron chi connectivity index (χ3n) is 3.62. The van der Waals surface area contributed by atoms with Gasteiger partial charge in [0, 0.05) is 32.0 Å². The minimum absolute atomic E-state index is 0.299. The lowest BCUT2D eigenvalue weighted by Crippen LogP contribution is -2.28. The molecule has 5 nitrogen and oxygen atoms in total. The zero-order valence-electron chi connectivity index (χ0n) is 10.9. The Bertz CT molecular complexity index is 517. The van der Waals surface area contributed by atoms with Crippen LogP contribution in [0.5, 0.6) is 0 Å². The molecule has 0 aliphatic heterocycles. The summed E-state index contributed by atoms with van der Waals surface area (Å²) in [6, 6.07) is 1.63. The third-order valence-corrected chi connectivity index (χ3v) is 5.01. The summed E-state index contributed by atoms with van der Waals surface area (Å²) in [4.78, 5) is 0.299. The average Bonchev–Trinajstić information content (AvgIpc) is 3.09. The summed E-state index contributed by atoms with van der Waals surface area (Å²) in [6.45, 7) is 2.95. The molecule has 102 valence electrons. The van der Waals surface area contributed by atoms with Gasteiger partial charge in [-0.2, -0.15) is 0 Å². The van der Waals surface area contributed by atoms with Crippen molar-refractivity contribution in [3.8, 4) is 0 Å². The second-order valence-electron chi connectivity index (χ2n) is 5.15. The van der Waals surface area contributed by atoms with Gasteiger partial charge in [0.25, 0.3) is 0 Å². The molecule has 1 heterocycles. The van der Waals surface area contributed by atoms with E-state index in [1.54, 1.807) is 23.9 Å². The van der Waals surface area contributed by atoms with Crippen molar-refractivity contribution >= 4 is 10.0 Å². The Labute approximate surface area is 108 Å². The third kappa shape index (κ3) is 2.93. The van der Waals surface area contributed by atoms with Crippen LogP contribution in [0.1, 0.15) is 25.5 Å². The summed E-state index contributed by atoms with van der Waals surface area (Å²) < 4.78 is 28.6. The van der Waals surface area contributed by atoms with Gasteiger partial charge in [-0.15, -0.1) is 0 Å². The minimum atomic E-state index is -3.40. The molecule has 1 atom stereocenters. The summed E-state index contributed by atoms with van der Waals surface area (Å²) in [5, 5.41) is 0. The van der Waals surface area contributed by atoms with E-state index in [0.29, 0.717) is 29.8 Å². The first kappa shape index (κ1) is 13.6. The molecule has 3 N–H and O–H groups in total. The molecule has 1 unspecified atom stereocenters. The molecule has 0 bridgehead atoms. The van der Waals surface area contributed by atoms with Crippen LogP contribution in [0.3, 0.4) is 0 Å². The first-order valence-corrected chi connectivity index (χ1v) is 7.77. The van der Waals surface area contributed by atoms with Crippen molar-refractivity contribution < 1.29 is 8.42 Å². The number of sulfonamides is 1. The molecule has 0 saturated heterocycles. The number of hydrogen-bond acceptors (Lipinski definition) is 3. The fraction of sp³-hybridized carbons (Fsp3) is 0.667. The number of hydrogen-bond donors (Lipinski definition) is 2. The zero-order valence-corrected chi connectivity index (χ0v) is 11.7. The standard InChI is InChI=1S/C12H21N3O2S/c1-9(10-3-4-10)7-14-18(16,17)12-5-11(6-13)15(2)8-12/h5,8-10,14H,3-4,6-7,13H2,1-2H3. The normalized spacial score (nSPS) is 17.9. The van der Waals surface area contributed by atoms with E-state index in [2.05, 4.69) is 11.6 Å². The van der Waals surface area contributed by atoms with E-state index in [-0.39, 0.29) is 0 Å². The van der Waals surface area contributed by atoms with Gasteiger partial charge in [-0.1, -0.05) is 6.92 Å². The van der Waals surface area contributed by atoms with Crippen LogP contribution in [-0.2, 0) is 23.6 Å². The molecule has 1 fully saturated rings. The molecule has 0 radical (unpaired) electrons. The van der Waals surface area contributed by atoms with Gasteiger partial charge < -0.3 is 10.3 Å². The van der Waals surface area contributed by atoms with Gasteiger partial charge in [0.05, 0.1) is 4.90 Å². The summed E-state index contributed by atoms with van der Waals surface area (Å²) in [5.41, 5.74) is 6.35. The topological polar surface area (TPSA) is 77.1 Å². The van der Waals surface area contributed by atoms with Crippen molar-refractivity contribution in [1.82, 2.24) is 9.29 Å². The predicted octanol–water partition coefficient (Wildman–Crippen LogP) is 0.808. The predicted molar refractivity (Wildman–Crippen MR) is 70.4 cm³/mol. The van der Waals surface area contributed by atoms with Gasteiger partial charge in [-0.3, -0.25) is 0 Å². The Morgan fingerprint density at radius 1 is 1.56 bits per heavy atom. The number of aryl methyl sites for hydroxylation is 1. The molecule has 6 heteroatoms. The maximum absolute atomic E-state index is 12.1. The lowest BCUT2D eigenvalue weighted by Gasteiger charge is -2.10. The Morgan fingerprint density at radius 3 is 2.72 bits per heavy atom. The Morgan fingerprint density at radius 2 is 2.22 bits per heavy atom. The molecule has 0 amide bonds. The van der Waals surface area contributed by atoms with Gasteiger partial charge in [0.2, 0.25) is 10.0 Å². The largest absolute Gasteiger partial charge is 0.352 e. The lowest BCUT2D eigenvalue weighted by molar-refractivity contribution is 0.492. The maximum atomic E-state index is 12.1. The highest BCUT2D eigenvalue weighted by Gasteiger charge is 2.29. The van der Waals surface area contributed by atoms with E-state index < -0.39 is 10.0 Å².